The quantitative estimate of drug-likeness (QED) is 0.748. The molecule has 3 rings (SSSR count). The Morgan fingerprint density at radius 1 is 1.25 bits per heavy atom. The maximum Gasteiger partial charge on any atom is 0.336 e. The van der Waals surface area contributed by atoms with E-state index in [1.807, 2.05) is 13.8 Å². The molecule has 1 aliphatic rings. The topological polar surface area (TPSA) is 65.7 Å². The number of carbonyl (C=O) groups excluding carboxylic acids is 1. The van der Waals surface area contributed by atoms with Gasteiger partial charge in [0.25, 0.3) is 0 Å². The molecule has 2 heterocycles. The number of ether oxygens (including phenoxy) is 2. The van der Waals surface area contributed by atoms with Gasteiger partial charge < -0.3 is 13.9 Å². The van der Waals surface area contributed by atoms with Gasteiger partial charge in [-0.2, -0.15) is 0 Å². The van der Waals surface area contributed by atoms with Gasteiger partial charge in [-0.3, -0.25) is 4.79 Å². The van der Waals surface area contributed by atoms with E-state index in [0.29, 0.717) is 28.0 Å². The molecule has 1 aromatic carbocycles. The predicted octanol–water partition coefficient (Wildman–Crippen LogP) is 2.55. The fourth-order valence-electron chi connectivity index (χ4n) is 2.53. The van der Waals surface area contributed by atoms with Crippen molar-refractivity contribution in [3.63, 3.8) is 0 Å². The molecule has 5 nitrogen and oxygen atoms in total. The average Bonchev–Trinajstić information content (AvgIpc) is 2.34. The van der Waals surface area contributed by atoms with Gasteiger partial charge in [-0.25, -0.2) is 4.79 Å². The summed E-state index contributed by atoms with van der Waals surface area (Å²) >= 11 is 0. The summed E-state index contributed by atoms with van der Waals surface area (Å²) < 4.78 is 16.3. The Labute approximate surface area is 115 Å². The number of rotatable bonds is 1. The number of benzene rings is 1. The van der Waals surface area contributed by atoms with Gasteiger partial charge in [0.15, 0.2) is 5.78 Å². The molecule has 5 heteroatoms. The molecule has 2 aromatic rings. The number of ketones is 1. The number of Topliss-reactive ketones (excluding diaryl/α,β-unsaturated/α-hetero) is 1. The fourth-order valence-corrected chi connectivity index (χ4v) is 2.53. The van der Waals surface area contributed by atoms with E-state index in [0.717, 1.165) is 0 Å². The Hall–Kier alpha value is -2.30. The third-order valence-corrected chi connectivity index (χ3v) is 3.30. The molecule has 0 fully saturated rings. The van der Waals surface area contributed by atoms with Crippen LogP contribution in [0.4, 0.5) is 0 Å². The van der Waals surface area contributed by atoms with E-state index >= 15 is 0 Å². The molecule has 0 atom stereocenters. The van der Waals surface area contributed by atoms with Crippen molar-refractivity contribution in [2.24, 2.45) is 0 Å². The summed E-state index contributed by atoms with van der Waals surface area (Å²) in [6.45, 7) is 3.68. The second-order valence-electron chi connectivity index (χ2n) is 5.41. The van der Waals surface area contributed by atoms with E-state index in [1.54, 1.807) is 12.1 Å². The normalized spacial score (nSPS) is 16.6. The van der Waals surface area contributed by atoms with Crippen LogP contribution < -0.4 is 15.1 Å². The van der Waals surface area contributed by atoms with Crippen molar-refractivity contribution < 1.29 is 18.7 Å². The lowest BCUT2D eigenvalue weighted by molar-refractivity contribution is 0.0615. The van der Waals surface area contributed by atoms with Crippen LogP contribution in [0.2, 0.25) is 0 Å². The molecule has 0 radical (unpaired) electrons. The van der Waals surface area contributed by atoms with Crippen molar-refractivity contribution in [3.8, 4) is 11.5 Å². The highest BCUT2D eigenvalue weighted by Gasteiger charge is 2.35. The van der Waals surface area contributed by atoms with Gasteiger partial charge in [0, 0.05) is 12.1 Å². The number of hydrogen-bond donors (Lipinski definition) is 0. The van der Waals surface area contributed by atoms with Gasteiger partial charge in [0.2, 0.25) is 0 Å². The van der Waals surface area contributed by atoms with Crippen LogP contribution in [0.5, 0.6) is 11.5 Å². The Morgan fingerprint density at radius 3 is 2.70 bits per heavy atom. The smallest absolute Gasteiger partial charge is 0.336 e. The van der Waals surface area contributed by atoms with Crippen molar-refractivity contribution >= 4 is 16.8 Å². The highest BCUT2D eigenvalue weighted by molar-refractivity contribution is 6.07. The summed E-state index contributed by atoms with van der Waals surface area (Å²) in [5.74, 6) is 0.743. The molecule has 0 saturated carbocycles. The van der Waals surface area contributed by atoms with Crippen molar-refractivity contribution in [3.05, 3.63) is 34.2 Å². The lowest BCUT2D eigenvalue weighted by atomic mass is 9.91. The summed E-state index contributed by atoms with van der Waals surface area (Å²) in [5, 5.41) is 0.586. The molecule has 0 amide bonds. The molecule has 20 heavy (non-hydrogen) atoms. The van der Waals surface area contributed by atoms with Gasteiger partial charge in [0.1, 0.15) is 28.2 Å². The molecule has 1 aromatic heterocycles. The summed E-state index contributed by atoms with van der Waals surface area (Å²) in [5.41, 5.74) is -0.287. The molecule has 0 spiro atoms. The number of hydrogen-bond acceptors (Lipinski definition) is 5. The van der Waals surface area contributed by atoms with Crippen molar-refractivity contribution in [1.82, 2.24) is 0 Å². The van der Waals surface area contributed by atoms with Crippen molar-refractivity contribution in [2.45, 2.75) is 25.9 Å². The minimum Gasteiger partial charge on any atom is -0.495 e. The fraction of sp³-hybridized carbons (Fsp3) is 0.333. The van der Waals surface area contributed by atoms with E-state index in [2.05, 4.69) is 0 Å². The maximum atomic E-state index is 12.3. The molecule has 104 valence electrons. The highest BCUT2D eigenvalue weighted by Crippen LogP contribution is 2.42. The first-order chi connectivity index (χ1) is 9.41. The average molecular weight is 274 g/mol. The minimum atomic E-state index is -0.585. The molecule has 0 bridgehead atoms. The van der Waals surface area contributed by atoms with Crippen LogP contribution in [0.25, 0.3) is 11.0 Å². The maximum absolute atomic E-state index is 12.3. The molecular weight excluding hydrogens is 260 g/mol. The number of methoxy groups -OCH3 is 1. The lowest BCUT2D eigenvalue weighted by Gasteiger charge is -2.32. The highest BCUT2D eigenvalue weighted by atomic mass is 16.5. The molecule has 0 N–H and O–H groups in total. The number of carbonyl (C=O) groups is 1. The lowest BCUT2D eigenvalue weighted by Crippen LogP contribution is -2.36. The first kappa shape index (κ1) is 12.7. The molecule has 0 aliphatic carbocycles. The Bertz CT molecular complexity index is 770. The van der Waals surface area contributed by atoms with Crippen LogP contribution in [0.15, 0.2) is 27.4 Å². The molecular formula is C15H14O5. The Balaban J connectivity index is 2.38. The van der Waals surface area contributed by atoms with Gasteiger partial charge in [-0.05, 0) is 19.9 Å². The molecule has 0 unspecified atom stereocenters. The summed E-state index contributed by atoms with van der Waals surface area (Å²) in [6, 6.07) is 4.47. The van der Waals surface area contributed by atoms with E-state index < -0.39 is 11.2 Å². The van der Waals surface area contributed by atoms with Crippen molar-refractivity contribution in [2.75, 3.05) is 7.11 Å². The van der Waals surface area contributed by atoms with Gasteiger partial charge in [-0.1, -0.05) is 0 Å². The van der Waals surface area contributed by atoms with E-state index in [-0.39, 0.29) is 12.2 Å². The summed E-state index contributed by atoms with van der Waals surface area (Å²) in [4.78, 5) is 23.7. The second kappa shape index (κ2) is 4.10. The van der Waals surface area contributed by atoms with Gasteiger partial charge in [0.05, 0.1) is 18.9 Å². The van der Waals surface area contributed by atoms with E-state index in [4.69, 9.17) is 13.9 Å². The minimum absolute atomic E-state index is 0.0406. The summed E-state index contributed by atoms with van der Waals surface area (Å²) in [6.07, 6.45) is 0.276. The molecule has 0 saturated heterocycles. The monoisotopic (exact) mass is 274 g/mol. The zero-order valence-electron chi connectivity index (χ0n) is 11.5. The zero-order chi connectivity index (χ0) is 14.5. The zero-order valence-corrected chi connectivity index (χ0v) is 11.5. The predicted molar refractivity (Wildman–Crippen MR) is 72.7 cm³/mol. The van der Waals surface area contributed by atoms with Crippen LogP contribution >= 0.6 is 0 Å². The Kier molecular flexibility index (Phi) is 2.61. The van der Waals surface area contributed by atoms with E-state index in [9.17, 15) is 9.59 Å². The van der Waals surface area contributed by atoms with Crippen LogP contribution in [0, 0.1) is 0 Å². The van der Waals surface area contributed by atoms with Gasteiger partial charge in [-0.15, -0.1) is 0 Å². The SMILES string of the molecule is COc1c2c(cc3oc(=O)ccc13)OC(C)(C)CC2=O. The van der Waals surface area contributed by atoms with Crippen LogP contribution in [0.3, 0.4) is 0 Å². The van der Waals surface area contributed by atoms with E-state index in [1.165, 1.54) is 13.2 Å². The third kappa shape index (κ3) is 1.86. The Morgan fingerprint density at radius 2 is 2.00 bits per heavy atom. The van der Waals surface area contributed by atoms with Crippen molar-refractivity contribution in [1.29, 1.82) is 0 Å². The van der Waals surface area contributed by atoms with Crippen LogP contribution in [-0.4, -0.2) is 18.5 Å². The first-order valence-electron chi connectivity index (χ1n) is 6.28. The number of fused-ring (bicyclic) bond motifs is 2. The molecule has 1 aliphatic heterocycles. The first-order valence-corrected chi connectivity index (χ1v) is 6.28. The standard InChI is InChI=1S/C15H14O5/c1-15(2)7-9(16)13-11(20-15)6-10-8(14(13)18-3)4-5-12(17)19-10/h4-6H,7H2,1-3H3. The van der Waals surface area contributed by atoms with Crippen LogP contribution in [-0.2, 0) is 0 Å². The second-order valence-corrected chi connectivity index (χ2v) is 5.41. The largest absolute Gasteiger partial charge is 0.495 e. The summed E-state index contributed by atoms with van der Waals surface area (Å²) in [7, 11) is 1.48. The van der Waals surface area contributed by atoms with Crippen LogP contribution in [0.1, 0.15) is 30.6 Å². The van der Waals surface area contributed by atoms with Gasteiger partial charge >= 0.3 is 5.63 Å². The third-order valence-electron chi connectivity index (χ3n) is 3.30.